The molecule has 0 unspecified atom stereocenters. The van der Waals surface area contributed by atoms with Crippen LogP contribution in [0.3, 0.4) is 0 Å². The lowest BCUT2D eigenvalue weighted by molar-refractivity contribution is 0.101. The van der Waals surface area contributed by atoms with Crippen LogP contribution in [0.4, 0.5) is 28.9 Å². The Labute approximate surface area is 330 Å². The minimum absolute atomic E-state index is 0.0408. The SMILES string of the molecule is CCCCOc1ccccc1Cn1ccc(C(=O)Nc2c(F)cncc2F)n1.O=C(Nc1c(F)cccc1F)c1ccn(Cc2ccccc2Oc2ccccc2)n1. The number of ether oxygens (including phenoxy) is 2. The van der Waals surface area contributed by atoms with Crippen LogP contribution in [-0.4, -0.2) is 43.0 Å². The van der Waals surface area contributed by atoms with Gasteiger partial charge in [0.25, 0.3) is 11.8 Å². The second kappa shape index (κ2) is 19.5. The highest BCUT2D eigenvalue weighted by Crippen LogP contribution is 2.26. The number of nitrogens with zero attached hydrogens (tertiary/aromatic N) is 5. The second-order valence-corrected chi connectivity index (χ2v) is 12.6. The molecular formula is C43H37F4N7O4. The summed E-state index contributed by atoms with van der Waals surface area (Å²) in [7, 11) is 0. The lowest BCUT2D eigenvalue weighted by Crippen LogP contribution is -2.16. The van der Waals surface area contributed by atoms with Crippen LogP contribution >= 0.6 is 0 Å². The summed E-state index contributed by atoms with van der Waals surface area (Å²) in [5.74, 6) is -2.89. The number of hydrogen-bond donors (Lipinski definition) is 2. The van der Waals surface area contributed by atoms with E-state index in [0.29, 0.717) is 31.2 Å². The number of para-hydroxylation sites is 4. The zero-order valence-corrected chi connectivity index (χ0v) is 31.1. The summed E-state index contributed by atoms with van der Waals surface area (Å²) in [6, 6.07) is 30.8. The van der Waals surface area contributed by atoms with E-state index < -0.39 is 46.5 Å². The van der Waals surface area contributed by atoms with Gasteiger partial charge < -0.3 is 20.1 Å². The van der Waals surface area contributed by atoms with Crippen LogP contribution < -0.4 is 20.1 Å². The summed E-state index contributed by atoms with van der Waals surface area (Å²) in [6.07, 6.45) is 6.89. The number of carbonyl (C=O) groups excluding carboxylic acids is 2. The maximum atomic E-state index is 13.7. The topological polar surface area (TPSA) is 125 Å². The number of benzene rings is 4. The van der Waals surface area contributed by atoms with E-state index in [2.05, 4.69) is 32.7 Å². The van der Waals surface area contributed by atoms with Gasteiger partial charge in [-0.3, -0.25) is 23.9 Å². The fourth-order valence-corrected chi connectivity index (χ4v) is 5.45. The highest BCUT2D eigenvalue weighted by Gasteiger charge is 2.18. The number of anilines is 2. The molecule has 0 saturated heterocycles. The molecule has 7 aromatic rings. The Hall–Kier alpha value is -7.29. The van der Waals surface area contributed by atoms with Gasteiger partial charge in [-0.2, -0.15) is 10.2 Å². The quantitative estimate of drug-likeness (QED) is 0.0831. The van der Waals surface area contributed by atoms with Gasteiger partial charge in [0.2, 0.25) is 0 Å². The first-order chi connectivity index (χ1) is 28.2. The molecule has 11 nitrogen and oxygen atoms in total. The van der Waals surface area contributed by atoms with Crippen molar-refractivity contribution in [3.8, 4) is 17.2 Å². The summed E-state index contributed by atoms with van der Waals surface area (Å²) < 4.78 is 69.6. The molecular weight excluding hydrogens is 755 g/mol. The molecule has 0 bridgehead atoms. The van der Waals surface area contributed by atoms with E-state index >= 15 is 0 Å². The Balaban J connectivity index is 0.000000196. The predicted molar refractivity (Wildman–Crippen MR) is 209 cm³/mol. The molecule has 3 aromatic heterocycles. The third kappa shape index (κ3) is 10.7. The first-order valence-electron chi connectivity index (χ1n) is 18.1. The fraction of sp³-hybridized carbons (Fsp3) is 0.140. The van der Waals surface area contributed by atoms with Crippen LogP contribution in [0.2, 0.25) is 0 Å². The van der Waals surface area contributed by atoms with E-state index in [9.17, 15) is 27.2 Å². The number of carbonyl (C=O) groups is 2. The lowest BCUT2D eigenvalue weighted by atomic mass is 10.2. The summed E-state index contributed by atoms with van der Waals surface area (Å²) in [5.41, 5.74) is 0.804. The Morgan fingerprint density at radius 2 is 1.10 bits per heavy atom. The largest absolute Gasteiger partial charge is 0.493 e. The zero-order valence-electron chi connectivity index (χ0n) is 31.1. The van der Waals surface area contributed by atoms with Crippen molar-refractivity contribution in [1.29, 1.82) is 0 Å². The van der Waals surface area contributed by atoms with Gasteiger partial charge in [0.15, 0.2) is 23.0 Å². The summed E-state index contributed by atoms with van der Waals surface area (Å²) in [6.45, 7) is 3.47. The van der Waals surface area contributed by atoms with Crippen LogP contribution in [-0.2, 0) is 13.1 Å². The standard InChI is InChI=1S/C23H17F2N3O2.C20H20F2N4O2/c24-18-10-6-11-19(25)22(18)26-23(29)20-13-14-28(27-20)15-16-7-4-5-12-21(16)30-17-8-2-1-3-9-17;1-2-3-10-28-18-7-5-4-6-14(18)13-26-9-8-17(25-26)20(27)24-19-15(21)11-23-12-16(19)22/h1-14H,15H2,(H,26,29);4-9,11-12H,2-3,10,13H2,1H3,(H,23,24,27). The molecule has 0 aliphatic heterocycles. The van der Waals surface area contributed by atoms with Crippen molar-refractivity contribution in [3.05, 3.63) is 180 Å². The number of nitrogens with one attached hydrogen (secondary N) is 2. The zero-order chi connectivity index (χ0) is 40.9. The van der Waals surface area contributed by atoms with Gasteiger partial charge in [-0.1, -0.05) is 74.0 Å². The highest BCUT2D eigenvalue weighted by atomic mass is 19.1. The first-order valence-corrected chi connectivity index (χ1v) is 18.1. The molecule has 4 aromatic carbocycles. The number of halogens is 4. The van der Waals surface area contributed by atoms with Gasteiger partial charge in [-0.05, 0) is 55.0 Å². The number of amides is 2. The molecule has 296 valence electrons. The molecule has 0 atom stereocenters. The Morgan fingerprint density at radius 1 is 0.603 bits per heavy atom. The predicted octanol–water partition coefficient (Wildman–Crippen LogP) is 9.29. The lowest BCUT2D eigenvalue weighted by Gasteiger charge is -2.11. The van der Waals surface area contributed by atoms with E-state index in [4.69, 9.17) is 9.47 Å². The third-order valence-corrected chi connectivity index (χ3v) is 8.38. The number of hydrogen-bond acceptors (Lipinski definition) is 7. The molecule has 0 spiro atoms. The monoisotopic (exact) mass is 791 g/mol. The minimum atomic E-state index is -0.953. The van der Waals surface area contributed by atoms with E-state index in [-0.39, 0.29) is 11.4 Å². The van der Waals surface area contributed by atoms with Crippen molar-refractivity contribution in [2.24, 2.45) is 0 Å². The normalized spacial score (nSPS) is 10.6. The number of unbranched alkanes of at least 4 members (excludes halogenated alkanes) is 1. The average Bonchev–Trinajstić information content (AvgIpc) is 3.90. The van der Waals surface area contributed by atoms with Crippen molar-refractivity contribution in [1.82, 2.24) is 24.5 Å². The summed E-state index contributed by atoms with van der Waals surface area (Å²) >= 11 is 0. The Kier molecular flexibility index (Phi) is 13.6. The fourth-order valence-electron chi connectivity index (χ4n) is 5.45. The first kappa shape index (κ1) is 40.4. The molecule has 3 heterocycles. The molecule has 2 N–H and O–H groups in total. The Morgan fingerprint density at radius 3 is 1.67 bits per heavy atom. The van der Waals surface area contributed by atoms with Gasteiger partial charge >= 0.3 is 0 Å². The van der Waals surface area contributed by atoms with Crippen LogP contribution in [0.15, 0.2) is 134 Å². The van der Waals surface area contributed by atoms with Gasteiger partial charge in [0.1, 0.15) is 40.3 Å². The molecule has 0 saturated carbocycles. The molecule has 0 aliphatic rings. The molecule has 15 heteroatoms. The van der Waals surface area contributed by atoms with Gasteiger partial charge in [-0.25, -0.2) is 17.6 Å². The van der Waals surface area contributed by atoms with Gasteiger partial charge in [0, 0.05) is 23.5 Å². The van der Waals surface area contributed by atoms with E-state index in [1.54, 1.807) is 21.8 Å². The maximum Gasteiger partial charge on any atom is 0.276 e. The minimum Gasteiger partial charge on any atom is -0.493 e. The van der Waals surface area contributed by atoms with E-state index in [0.717, 1.165) is 54.2 Å². The average molecular weight is 792 g/mol. The van der Waals surface area contributed by atoms with Gasteiger partial charge in [-0.15, -0.1) is 0 Å². The van der Waals surface area contributed by atoms with Crippen LogP contribution in [0.25, 0.3) is 0 Å². The van der Waals surface area contributed by atoms with Crippen molar-refractivity contribution < 1.29 is 36.6 Å². The van der Waals surface area contributed by atoms with Crippen molar-refractivity contribution in [3.63, 3.8) is 0 Å². The molecule has 2 amide bonds. The highest BCUT2D eigenvalue weighted by molar-refractivity contribution is 6.03. The van der Waals surface area contributed by atoms with E-state index in [1.807, 2.05) is 78.9 Å². The van der Waals surface area contributed by atoms with E-state index in [1.165, 1.54) is 18.2 Å². The van der Waals surface area contributed by atoms with Crippen molar-refractivity contribution in [2.45, 2.75) is 32.9 Å². The molecule has 0 aliphatic carbocycles. The maximum absolute atomic E-state index is 13.7. The molecule has 0 fully saturated rings. The van der Waals surface area contributed by atoms with Crippen LogP contribution in [0.1, 0.15) is 51.9 Å². The smallest absolute Gasteiger partial charge is 0.276 e. The summed E-state index contributed by atoms with van der Waals surface area (Å²) in [4.78, 5) is 28.0. The number of pyridine rings is 1. The second-order valence-electron chi connectivity index (χ2n) is 12.6. The Bertz CT molecular complexity index is 2430. The molecule has 0 radical (unpaired) electrons. The third-order valence-electron chi connectivity index (χ3n) is 8.38. The summed E-state index contributed by atoms with van der Waals surface area (Å²) in [5, 5.41) is 12.8. The van der Waals surface area contributed by atoms with Crippen molar-refractivity contribution >= 4 is 23.2 Å². The number of aromatic nitrogens is 5. The molecule has 58 heavy (non-hydrogen) atoms. The number of rotatable bonds is 14. The van der Waals surface area contributed by atoms with Crippen LogP contribution in [0, 0.1) is 23.3 Å². The van der Waals surface area contributed by atoms with Crippen molar-refractivity contribution in [2.75, 3.05) is 17.2 Å². The molecule has 7 rings (SSSR count). The van der Waals surface area contributed by atoms with Crippen LogP contribution in [0.5, 0.6) is 17.2 Å². The van der Waals surface area contributed by atoms with Gasteiger partial charge in [0.05, 0.1) is 32.1 Å².